The quantitative estimate of drug-likeness (QED) is 0.497. The maximum Gasteiger partial charge on any atom is 0.349 e. The van der Waals surface area contributed by atoms with Crippen molar-refractivity contribution >= 4 is 22.8 Å². The van der Waals surface area contributed by atoms with Gasteiger partial charge in [-0.15, -0.1) is 0 Å². The standard InChI is InChI=1S/C7H11FO3S/c1-3-11-6(9)5(8)7(10)12-4-2/h5H,3-4H2,1-2H3. The van der Waals surface area contributed by atoms with Gasteiger partial charge in [0.05, 0.1) is 6.61 Å². The van der Waals surface area contributed by atoms with Gasteiger partial charge in [-0.3, -0.25) is 4.79 Å². The first-order chi connectivity index (χ1) is 5.63. The molecular formula is C7H11FO3S. The lowest BCUT2D eigenvalue weighted by Crippen LogP contribution is -2.25. The van der Waals surface area contributed by atoms with Crippen LogP contribution in [0.25, 0.3) is 0 Å². The van der Waals surface area contributed by atoms with Gasteiger partial charge in [0.15, 0.2) is 0 Å². The average Bonchev–Trinajstić information content (AvgIpc) is 2.04. The number of carbonyl (C=O) groups is 2. The molecule has 0 radical (unpaired) electrons. The van der Waals surface area contributed by atoms with Crippen molar-refractivity contribution in [3.63, 3.8) is 0 Å². The molecule has 3 nitrogen and oxygen atoms in total. The molecule has 0 N–H and O–H groups in total. The Balaban J connectivity index is 3.91. The predicted octanol–water partition coefficient (Wildman–Crippen LogP) is 1.17. The van der Waals surface area contributed by atoms with E-state index in [1.54, 1.807) is 13.8 Å². The number of halogens is 1. The number of esters is 1. The number of ether oxygens (including phenoxy) is 1. The maximum absolute atomic E-state index is 12.7. The van der Waals surface area contributed by atoms with Crippen molar-refractivity contribution in [2.45, 2.75) is 20.0 Å². The largest absolute Gasteiger partial charge is 0.463 e. The lowest BCUT2D eigenvalue weighted by atomic mass is 10.4. The Morgan fingerprint density at radius 3 is 2.50 bits per heavy atom. The van der Waals surface area contributed by atoms with Crippen LogP contribution in [0.4, 0.5) is 4.39 Å². The molecular weight excluding hydrogens is 183 g/mol. The molecule has 12 heavy (non-hydrogen) atoms. The first-order valence-electron chi connectivity index (χ1n) is 3.60. The second kappa shape index (κ2) is 5.99. The van der Waals surface area contributed by atoms with Crippen LogP contribution in [0.2, 0.25) is 0 Å². The van der Waals surface area contributed by atoms with Crippen molar-refractivity contribution in [1.29, 1.82) is 0 Å². The normalized spacial score (nSPS) is 12.2. The van der Waals surface area contributed by atoms with E-state index in [4.69, 9.17) is 0 Å². The Kier molecular flexibility index (Phi) is 5.70. The van der Waals surface area contributed by atoms with Gasteiger partial charge < -0.3 is 4.74 Å². The number of carbonyl (C=O) groups excluding carboxylic acids is 2. The second-order valence-electron chi connectivity index (χ2n) is 1.87. The van der Waals surface area contributed by atoms with Crippen LogP contribution in [0.15, 0.2) is 0 Å². The van der Waals surface area contributed by atoms with Gasteiger partial charge >= 0.3 is 5.97 Å². The lowest BCUT2D eigenvalue weighted by Gasteiger charge is -2.04. The first kappa shape index (κ1) is 11.4. The fourth-order valence-corrected chi connectivity index (χ4v) is 1.05. The van der Waals surface area contributed by atoms with Crippen LogP contribution in [0, 0.1) is 0 Å². The summed E-state index contributed by atoms with van der Waals surface area (Å²) < 4.78 is 17.0. The van der Waals surface area contributed by atoms with Gasteiger partial charge in [-0.2, -0.15) is 0 Å². The Morgan fingerprint density at radius 2 is 2.08 bits per heavy atom. The highest BCUT2D eigenvalue weighted by molar-refractivity contribution is 8.13. The molecule has 0 aromatic carbocycles. The van der Waals surface area contributed by atoms with Crippen LogP contribution >= 0.6 is 11.8 Å². The van der Waals surface area contributed by atoms with E-state index in [0.29, 0.717) is 5.75 Å². The minimum atomic E-state index is -2.13. The number of rotatable bonds is 4. The lowest BCUT2D eigenvalue weighted by molar-refractivity contribution is -0.150. The second-order valence-corrected chi connectivity index (χ2v) is 3.14. The molecule has 0 spiro atoms. The van der Waals surface area contributed by atoms with Crippen LogP contribution in [0.3, 0.4) is 0 Å². The number of thioether (sulfide) groups is 1. The van der Waals surface area contributed by atoms with Crippen molar-refractivity contribution in [2.24, 2.45) is 0 Å². The third-order valence-electron chi connectivity index (χ3n) is 0.987. The van der Waals surface area contributed by atoms with E-state index in [9.17, 15) is 14.0 Å². The van der Waals surface area contributed by atoms with Crippen LogP contribution < -0.4 is 0 Å². The molecule has 0 heterocycles. The van der Waals surface area contributed by atoms with E-state index in [0.717, 1.165) is 11.8 Å². The molecule has 0 rings (SSSR count). The van der Waals surface area contributed by atoms with Crippen molar-refractivity contribution in [3.8, 4) is 0 Å². The van der Waals surface area contributed by atoms with Gasteiger partial charge in [0.2, 0.25) is 5.12 Å². The van der Waals surface area contributed by atoms with Crippen molar-refractivity contribution in [2.75, 3.05) is 12.4 Å². The molecule has 0 aliphatic rings. The number of hydrogen-bond donors (Lipinski definition) is 0. The number of alkyl halides is 1. The zero-order valence-electron chi connectivity index (χ0n) is 7.00. The van der Waals surface area contributed by atoms with Gasteiger partial charge in [0, 0.05) is 0 Å². The van der Waals surface area contributed by atoms with Gasteiger partial charge in [-0.1, -0.05) is 18.7 Å². The summed E-state index contributed by atoms with van der Waals surface area (Å²) in [7, 11) is 0. The molecule has 1 atom stereocenters. The molecule has 0 aliphatic carbocycles. The molecule has 0 aromatic rings. The molecule has 0 saturated carbocycles. The number of hydrogen-bond acceptors (Lipinski definition) is 4. The third-order valence-corrected chi connectivity index (χ3v) is 1.77. The van der Waals surface area contributed by atoms with E-state index in [-0.39, 0.29) is 6.61 Å². The van der Waals surface area contributed by atoms with Crippen LogP contribution in [0.5, 0.6) is 0 Å². The van der Waals surface area contributed by atoms with E-state index in [1.165, 1.54) is 0 Å². The molecule has 5 heteroatoms. The summed E-state index contributed by atoms with van der Waals surface area (Å²) in [4.78, 5) is 21.4. The van der Waals surface area contributed by atoms with Gasteiger partial charge in [0.25, 0.3) is 6.17 Å². The molecule has 0 amide bonds. The van der Waals surface area contributed by atoms with Crippen molar-refractivity contribution in [1.82, 2.24) is 0 Å². The fraction of sp³-hybridized carbons (Fsp3) is 0.714. The predicted molar refractivity (Wildman–Crippen MR) is 44.7 cm³/mol. The molecule has 0 saturated heterocycles. The summed E-state index contributed by atoms with van der Waals surface area (Å²) in [5.74, 6) is -0.637. The smallest absolute Gasteiger partial charge is 0.349 e. The molecule has 70 valence electrons. The van der Waals surface area contributed by atoms with Crippen LogP contribution in [-0.4, -0.2) is 29.6 Å². The highest BCUT2D eigenvalue weighted by atomic mass is 32.2. The molecule has 0 aliphatic heterocycles. The molecule has 0 bridgehead atoms. The summed E-state index contributed by atoms with van der Waals surface area (Å²) in [5.41, 5.74) is 0. The van der Waals surface area contributed by atoms with Crippen molar-refractivity contribution < 1.29 is 18.7 Å². The Labute approximate surface area is 74.7 Å². The monoisotopic (exact) mass is 194 g/mol. The van der Waals surface area contributed by atoms with E-state index < -0.39 is 17.3 Å². The van der Waals surface area contributed by atoms with Crippen molar-refractivity contribution in [3.05, 3.63) is 0 Å². The Morgan fingerprint density at radius 1 is 1.50 bits per heavy atom. The van der Waals surface area contributed by atoms with E-state index >= 15 is 0 Å². The van der Waals surface area contributed by atoms with Gasteiger partial charge in [0.1, 0.15) is 0 Å². The third kappa shape index (κ3) is 3.71. The fourth-order valence-electron chi connectivity index (χ4n) is 0.527. The Hall–Kier alpha value is -0.580. The Bertz CT molecular complexity index is 154. The molecule has 1 unspecified atom stereocenters. The van der Waals surface area contributed by atoms with E-state index in [2.05, 4.69) is 4.74 Å². The minimum absolute atomic E-state index is 0.0866. The SMILES string of the molecule is CCOC(=O)C(F)C(=O)SCC. The van der Waals surface area contributed by atoms with E-state index in [1.807, 2.05) is 0 Å². The highest BCUT2D eigenvalue weighted by Gasteiger charge is 2.26. The minimum Gasteiger partial charge on any atom is -0.463 e. The molecule has 0 fully saturated rings. The zero-order valence-corrected chi connectivity index (χ0v) is 7.82. The maximum atomic E-state index is 12.7. The summed E-state index contributed by atoms with van der Waals surface area (Å²) >= 11 is 0.779. The van der Waals surface area contributed by atoms with Gasteiger partial charge in [-0.25, -0.2) is 9.18 Å². The summed E-state index contributed by atoms with van der Waals surface area (Å²) in [6, 6.07) is 0. The van der Waals surface area contributed by atoms with Crippen LogP contribution in [0.1, 0.15) is 13.8 Å². The summed E-state index contributed by atoms with van der Waals surface area (Å²) in [6.07, 6.45) is -2.13. The molecule has 0 aromatic heterocycles. The topological polar surface area (TPSA) is 43.4 Å². The van der Waals surface area contributed by atoms with Crippen LogP contribution in [-0.2, 0) is 14.3 Å². The highest BCUT2D eigenvalue weighted by Crippen LogP contribution is 2.09. The summed E-state index contributed by atoms with van der Waals surface area (Å²) in [5, 5.41) is -0.782. The van der Waals surface area contributed by atoms with Gasteiger partial charge in [-0.05, 0) is 12.7 Å². The first-order valence-corrected chi connectivity index (χ1v) is 4.59. The summed E-state index contributed by atoms with van der Waals surface area (Å²) in [6.45, 7) is 3.35. The average molecular weight is 194 g/mol. The zero-order chi connectivity index (χ0) is 9.56.